The molecule has 5 heteroatoms. The quantitative estimate of drug-likeness (QED) is 0.544. The second kappa shape index (κ2) is 4.54. The fourth-order valence-corrected chi connectivity index (χ4v) is 1.09. The van der Waals surface area contributed by atoms with Gasteiger partial charge in [-0.05, 0) is 19.1 Å². The van der Waals surface area contributed by atoms with Crippen LogP contribution in [-0.4, -0.2) is 28.6 Å². The summed E-state index contributed by atoms with van der Waals surface area (Å²) in [5.41, 5.74) is 0.775. The van der Waals surface area contributed by atoms with Crippen molar-refractivity contribution >= 4 is 17.8 Å². The third-order valence-electron chi connectivity index (χ3n) is 1.73. The Bertz CT molecular complexity index is 418. The van der Waals surface area contributed by atoms with E-state index in [1.807, 2.05) is 0 Å². The van der Waals surface area contributed by atoms with Crippen LogP contribution < -0.4 is 0 Å². The molecule has 0 radical (unpaired) electrons. The van der Waals surface area contributed by atoms with Gasteiger partial charge in [-0.2, -0.15) is 5.10 Å². The molecule has 1 heterocycles. The second-order valence-electron chi connectivity index (χ2n) is 3.04. The first-order chi connectivity index (χ1) is 7.04. The molecule has 1 rings (SSSR count). The molecule has 1 aromatic heterocycles. The smallest absolute Gasteiger partial charge is 0.359 e. The Morgan fingerprint density at radius 3 is 2.73 bits per heavy atom. The van der Waals surface area contributed by atoms with Gasteiger partial charge in [0.2, 0.25) is 0 Å². The Morgan fingerprint density at radius 2 is 2.20 bits per heavy atom. The monoisotopic (exact) mass is 208 g/mol. The second-order valence-corrected chi connectivity index (χ2v) is 3.04. The molecule has 80 valence electrons. The summed E-state index contributed by atoms with van der Waals surface area (Å²) in [6, 6.07) is 0. The normalized spacial score (nSPS) is 10.6. The Kier molecular flexibility index (Phi) is 3.38. The van der Waals surface area contributed by atoms with E-state index in [2.05, 4.69) is 9.84 Å². The summed E-state index contributed by atoms with van der Waals surface area (Å²) in [6.07, 6.45) is 4.57. The molecule has 0 aliphatic heterocycles. The zero-order chi connectivity index (χ0) is 11.4. The standard InChI is InChI=1S/C10H12N2O3/c1-7(13)4-5-8-6-12(2)11-9(8)10(14)15-3/h4-6H,1-3H3/b5-4+. The molecule has 0 aromatic carbocycles. The zero-order valence-corrected chi connectivity index (χ0v) is 8.85. The topological polar surface area (TPSA) is 61.2 Å². The van der Waals surface area contributed by atoms with Gasteiger partial charge >= 0.3 is 5.97 Å². The van der Waals surface area contributed by atoms with Crippen LogP contribution in [0.5, 0.6) is 0 Å². The van der Waals surface area contributed by atoms with Crippen molar-refractivity contribution < 1.29 is 14.3 Å². The number of hydrogen-bond donors (Lipinski definition) is 0. The van der Waals surface area contributed by atoms with Crippen LogP contribution in [0.3, 0.4) is 0 Å². The fourth-order valence-electron chi connectivity index (χ4n) is 1.09. The number of methoxy groups -OCH3 is 1. The predicted molar refractivity (Wildman–Crippen MR) is 54.3 cm³/mol. The number of aromatic nitrogens is 2. The lowest BCUT2D eigenvalue weighted by molar-refractivity contribution is -0.112. The molecule has 0 unspecified atom stereocenters. The molecule has 0 saturated heterocycles. The first kappa shape index (κ1) is 11.2. The van der Waals surface area contributed by atoms with E-state index in [0.717, 1.165) is 0 Å². The Labute approximate surface area is 87.3 Å². The molecule has 0 aliphatic carbocycles. The van der Waals surface area contributed by atoms with E-state index < -0.39 is 5.97 Å². The number of carbonyl (C=O) groups is 2. The molecule has 0 fully saturated rings. The zero-order valence-electron chi connectivity index (χ0n) is 8.85. The molecule has 0 aliphatic rings. The highest BCUT2D eigenvalue weighted by molar-refractivity contribution is 5.95. The van der Waals surface area contributed by atoms with Crippen LogP contribution in [0.4, 0.5) is 0 Å². The van der Waals surface area contributed by atoms with Crippen molar-refractivity contribution in [3.05, 3.63) is 23.5 Å². The predicted octanol–water partition coefficient (Wildman–Crippen LogP) is 0.809. The summed E-state index contributed by atoms with van der Waals surface area (Å²) >= 11 is 0. The van der Waals surface area contributed by atoms with Crippen LogP contribution in [0.15, 0.2) is 12.3 Å². The van der Waals surface area contributed by atoms with Crippen LogP contribution in [-0.2, 0) is 16.6 Å². The summed E-state index contributed by atoms with van der Waals surface area (Å²) in [5.74, 6) is -0.603. The maximum absolute atomic E-state index is 11.3. The van der Waals surface area contributed by atoms with Gasteiger partial charge in [0.25, 0.3) is 0 Å². The van der Waals surface area contributed by atoms with Gasteiger partial charge < -0.3 is 4.74 Å². The van der Waals surface area contributed by atoms with Crippen LogP contribution in [0.25, 0.3) is 6.08 Å². The van der Waals surface area contributed by atoms with Gasteiger partial charge in [-0.25, -0.2) is 4.79 Å². The maximum Gasteiger partial charge on any atom is 0.359 e. The van der Waals surface area contributed by atoms with Gasteiger partial charge in [0.1, 0.15) is 0 Å². The summed E-state index contributed by atoms with van der Waals surface area (Å²) in [6.45, 7) is 1.44. The number of nitrogens with zero attached hydrogens (tertiary/aromatic N) is 2. The Hall–Kier alpha value is -1.91. The van der Waals surface area contributed by atoms with Crippen molar-refractivity contribution in [2.75, 3.05) is 7.11 Å². The largest absolute Gasteiger partial charge is 0.464 e. The Balaban J connectivity index is 3.06. The lowest BCUT2D eigenvalue weighted by Gasteiger charge is -1.94. The summed E-state index contributed by atoms with van der Waals surface area (Å²) in [4.78, 5) is 22.0. The number of aryl methyl sites for hydroxylation is 1. The molecule has 0 saturated carbocycles. The van der Waals surface area contributed by atoms with Crippen molar-refractivity contribution in [2.45, 2.75) is 6.92 Å². The van der Waals surface area contributed by atoms with E-state index in [1.165, 1.54) is 24.8 Å². The first-order valence-electron chi connectivity index (χ1n) is 4.35. The average molecular weight is 208 g/mol. The van der Waals surface area contributed by atoms with Crippen LogP contribution in [0.2, 0.25) is 0 Å². The van der Waals surface area contributed by atoms with Crippen molar-refractivity contribution in [1.29, 1.82) is 0 Å². The minimum absolute atomic E-state index is 0.0883. The summed E-state index contributed by atoms with van der Waals surface area (Å²) in [5, 5.41) is 3.94. The molecule has 0 atom stereocenters. The molecule has 0 spiro atoms. The lowest BCUT2D eigenvalue weighted by atomic mass is 10.2. The number of rotatable bonds is 3. The van der Waals surface area contributed by atoms with E-state index in [0.29, 0.717) is 5.56 Å². The molecule has 0 amide bonds. The maximum atomic E-state index is 11.3. The summed E-state index contributed by atoms with van der Waals surface area (Å²) in [7, 11) is 2.98. The number of ketones is 1. The highest BCUT2D eigenvalue weighted by atomic mass is 16.5. The van der Waals surface area contributed by atoms with E-state index in [-0.39, 0.29) is 11.5 Å². The molecule has 15 heavy (non-hydrogen) atoms. The minimum atomic E-state index is -0.515. The third kappa shape index (κ3) is 2.77. The first-order valence-corrected chi connectivity index (χ1v) is 4.35. The van der Waals surface area contributed by atoms with Crippen molar-refractivity contribution in [3.63, 3.8) is 0 Å². The van der Waals surface area contributed by atoms with Crippen LogP contribution in [0, 0.1) is 0 Å². The van der Waals surface area contributed by atoms with Gasteiger partial charge in [-0.3, -0.25) is 9.48 Å². The van der Waals surface area contributed by atoms with Crippen LogP contribution >= 0.6 is 0 Å². The summed E-state index contributed by atoms with van der Waals surface area (Å²) < 4.78 is 6.06. The van der Waals surface area contributed by atoms with Gasteiger partial charge in [0.15, 0.2) is 11.5 Å². The number of allylic oxidation sites excluding steroid dienone is 1. The number of ether oxygens (including phenoxy) is 1. The van der Waals surface area contributed by atoms with Crippen molar-refractivity contribution in [1.82, 2.24) is 9.78 Å². The van der Waals surface area contributed by atoms with Crippen molar-refractivity contribution in [3.8, 4) is 0 Å². The minimum Gasteiger partial charge on any atom is -0.464 e. The SMILES string of the molecule is COC(=O)c1nn(C)cc1/C=C/C(C)=O. The number of hydrogen-bond acceptors (Lipinski definition) is 4. The third-order valence-corrected chi connectivity index (χ3v) is 1.73. The van der Waals surface area contributed by atoms with E-state index in [4.69, 9.17) is 0 Å². The van der Waals surface area contributed by atoms with Gasteiger partial charge in [0.05, 0.1) is 7.11 Å². The fraction of sp³-hybridized carbons (Fsp3) is 0.300. The van der Waals surface area contributed by atoms with E-state index in [9.17, 15) is 9.59 Å². The highest BCUT2D eigenvalue weighted by Gasteiger charge is 2.14. The number of esters is 1. The Morgan fingerprint density at radius 1 is 1.53 bits per heavy atom. The molecular formula is C10H12N2O3. The molecule has 0 bridgehead atoms. The van der Waals surface area contributed by atoms with Gasteiger partial charge in [-0.1, -0.05) is 0 Å². The highest BCUT2D eigenvalue weighted by Crippen LogP contribution is 2.09. The van der Waals surface area contributed by atoms with Crippen molar-refractivity contribution in [2.24, 2.45) is 7.05 Å². The molecule has 0 N–H and O–H groups in total. The molecule has 5 nitrogen and oxygen atoms in total. The van der Waals surface area contributed by atoms with Gasteiger partial charge in [0, 0.05) is 18.8 Å². The average Bonchev–Trinajstić information content (AvgIpc) is 2.55. The lowest BCUT2D eigenvalue weighted by Crippen LogP contribution is -2.04. The molecule has 1 aromatic rings. The number of carbonyl (C=O) groups excluding carboxylic acids is 2. The van der Waals surface area contributed by atoms with Gasteiger partial charge in [-0.15, -0.1) is 0 Å². The van der Waals surface area contributed by atoms with Crippen LogP contribution in [0.1, 0.15) is 23.0 Å². The van der Waals surface area contributed by atoms with E-state index >= 15 is 0 Å². The molecular weight excluding hydrogens is 196 g/mol. The van der Waals surface area contributed by atoms with E-state index in [1.54, 1.807) is 19.3 Å².